The molecule has 1 heterocycles. The molecule has 0 radical (unpaired) electrons. The first-order valence-electron chi connectivity index (χ1n) is 9.74. The van der Waals surface area contributed by atoms with Crippen molar-refractivity contribution in [2.45, 2.75) is 33.0 Å². The molecule has 2 N–H and O–H groups in total. The molecule has 0 saturated carbocycles. The van der Waals surface area contributed by atoms with Crippen molar-refractivity contribution in [1.82, 2.24) is 4.90 Å². The molecular formula is C20H27F4N4O3-. The number of carbonyl (C=O) groups is 2. The maximum atomic E-state index is 14.6. The predicted molar refractivity (Wildman–Crippen MR) is 108 cm³/mol. The highest BCUT2D eigenvalue weighted by atomic mass is 19.4. The zero-order valence-corrected chi connectivity index (χ0v) is 17.7. The van der Waals surface area contributed by atoms with Crippen LogP contribution in [0.25, 0.3) is 5.73 Å². The van der Waals surface area contributed by atoms with E-state index in [1.807, 2.05) is 0 Å². The van der Waals surface area contributed by atoms with Crippen LogP contribution in [0.2, 0.25) is 0 Å². The van der Waals surface area contributed by atoms with Gasteiger partial charge in [-0.15, -0.1) is 6.54 Å². The Labute approximate surface area is 178 Å². The highest BCUT2D eigenvalue weighted by Crippen LogP contribution is 2.26. The number of nitrogens with zero attached hydrogens (tertiary/aromatic N) is 2. The lowest BCUT2D eigenvalue weighted by Crippen LogP contribution is -2.52. The van der Waals surface area contributed by atoms with Crippen LogP contribution in [-0.4, -0.2) is 68.3 Å². The van der Waals surface area contributed by atoms with Crippen molar-refractivity contribution in [3.8, 4) is 0 Å². The first-order chi connectivity index (χ1) is 14.3. The van der Waals surface area contributed by atoms with E-state index in [9.17, 15) is 27.2 Å². The molecule has 2 rings (SSSR count). The number of anilines is 2. The van der Waals surface area contributed by atoms with E-state index >= 15 is 0 Å². The molecule has 0 aliphatic carbocycles. The van der Waals surface area contributed by atoms with E-state index in [-0.39, 0.29) is 37.7 Å². The van der Waals surface area contributed by atoms with Crippen LogP contribution >= 0.6 is 0 Å². The van der Waals surface area contributed by atoms with Gasteiger partial charge in [-0.1, -0.05) is 20.8 Å². The number of hydrogen-bond acceptors (Lipinski definition) is 4. The molecule has 0 spiro atoms. The Morgan fingerprint density at radius 1 is 1.29 bits per heavy atom. The van der Waals surface area contributed by atoms with Gasteiger partial charge in [0.25, 0.3) is 5.91 Å². The van der Waals surface area contributed by atoms with E-state index in [2.05, 4.69) is 5.32 Å². The Balaban J connectivity index is 2.18. The smallest absolute Gasteiger partial charge is 0.401 e. The highest BCUT2D eigenvalue weighted by Gasteiger charge is 2.36. The van der Waals surface area contributed by atoms with Crippen LogP contribution in [0, 0.1) is 11.2 Å². The summed E-state index contributed by atoms with van der Waals surface area (Å²) in [5, 5.41) is 2.39. The van der Waals surface area contributed by atoms with Gasteiger partial charge in [-0.3, -0.25) is 14.5 Å². The second-order valence-corrected chi connectivity index (χ2v) is 8.55. The largest absolute Gasteiger partial charge is 0.676 e. The van der Waals surface area contributed by atoms with Gasteiger partial charge in [-0.25, -0.2) is 4.39 Å². The zero-order valence-electron chi connectivity index (χ0n) is 17.7. The third-order valence-electron chi connectivity index (χ3n) is 4.49. The van der Waals surface area contributed by atoms with E-state index in [0.29, 0.717) is 0 Å². The standard InChI is InChI=1S/C20H27F4N4O3/c1-19(2,3)11-27(12-20(22,23)24)16(9-25)18(30)26-13-4-5-15(14(21)8-13)28-6-7-31-10-17(28)29/h4-5,8,16,25H,6-7,9-12H2,1-3H3,(H,26,30)/q-1/t16-/m0/s1. The van der Waals surface area contributed by atoms with E-state index in [1.54, 1.807) is 20.8 Å². The average molecular weight is 447 g/mol. The number of carbonyl (C=O) groups excluding carboxylic acids is 2. The van der Waals surface area contributed by atoms with Gasteiger partial charge in [-0.2, -0.15) is 13.2 Å². The van der Waals surface area contributed by atoms with Crippen molar-refractivity contribution < 1.29 is 31.9 Å². The van der Waals surface area contributed by atoms with Gasteiger partial charge >= 0.3 is 6.18 Å². The number of benzene rings is 1. The molecule has 1 aromatic carbocycles. The number of ether oxygens (including phenoxy) is 1. The predicted octanol–water partition coefficient (Wildman–Crippen LogP) is 3.46. The quantitative estimate of drug-likeness (QED) is 0.649. The molecule has 11 heteroatoms. The van der Waals surface area contributed by atoms with Crippen LogP contribution in [0.4, 0.5) is 28.9 Å². The summed E-state index contributed by atoms with van der Waals surface area (Å²) < 4.78 is 58.7. The van der Waals surface area contributed by atoms with E-state index in [0.717, 1.165) is 11.0 Å². The molecule has 7 nitrogen and oxygen atoms in total. The van der Waals surface area contributed by atoms with Crippen LogP contribution < -0.4 is 10.2 Å². The summed E-state index contributed by atoms with van der Waals surface area (Å²) in [7, 11) is 0. The summed E-state index contributed by atoms with van der Waals surface area (Å²) in [6, 6.07) is 2.30. The second kappa shape index (κ2) is 9.92. The van der Waals surface area contributed by atoms with Crippen molar-refractivity contribution in [2.75, 3.05) is 49.6 Å². The van der Waals surface area contributed by atoms with Crippen LogP contribution in [-0.2, 0) is 14.3 Å². The normalized spacial score (nSPS) is 16.5. The summed E-state index contributed by atoms with van der Waals surface area (Å²) in [5.41, 5.74) is 7.13. The van der Waals surface area contributed by atoms with Gasteiger partial charge < -0.3 is 20.7 Å². The average Bonchev–Trinajstić information content (AvgIpc) is 2.60. The minimum absolute atomic E-state index is 0.0214. The number of alkyl halides is 3. The number of hydrogen-bond donors (Lipinski definition) is 1. The van der Waals surface area contributed by atoms with Crippen molar-refractivity contribution >= 4 is 23.2 Å². The first kappa shape index (κ1) is 25.0. The maximum absolute atomic E-state index is 14.6. The van der Waals surface area contributed by atoms with E-state index in [1.165, 1.54) is 17.0 Å². The van der Waals surface area contributed by atoms with Crippen LogP contribution in [0.1, 0.15) is 20.8 Å². The van der Waals surface area contributed by atoms with Gasteiger partial charge in [0.1, 0.15) is 12.4 Å². The summed E-state index contributed by atoms with van der Waals surface area (Å²) in [6.45, 7) is 3.48. The number of halogens is 4. The van der Waals surface area contributed by atoms with E-state index < -0.39 is 48.4 Å². The lowest BCUT2D eigenvalue weighted by Gasteiger charge is -2.37. The van der Waals surface area contributed by atoms with Crippen molar-refractivity contribution in [3.63, 3.8) is 0 Å². The van der Waals surface area contributed by atoms with Crippen LogP contribution in [0.3, 0.4) is 0 Å². The topological polar surface area (TPSA) is 85.7 Å². The van der Waals surface area contributed by atoms with Gasteiger partial charge in [0.2, 0.25) is 5.91 Å². The summed E-state index contributed by atoms with van der Waals surface area (Å²) in [4.78, 5) is 26.7. The Morgan fingerprint density at radius 3 is 2.48 bits per heavy atom. The molecule has 1 aromatic rings. The minimum Gasteiger partial charge on any atom is -0.676 e. The molecule has 0 unspecified atom stereocenters. The van der Waals surface area contributed by atoms with Crippen molar-refractivity contribution in [2.24, 2.45) is 5.41 Å². The zero-order chi connectivity index (χ0) is 23.4. The third-order valence-corrected chi connectivity index (χ3v) is 4.49. The fourth-order valence-electron chi connectivity index (χ4n) is 3.31. The highest BCUT2D eigenvalue weighted by molar-refractivity contribution is 5.97. The summed E-state index contributed by atoms with van der Waals surface area (Å²) >= 11 is 0. The fourth-order valence-corrected chi connectivity index (χ4v) is 3.31. The Hall–Kier alpha value is -2.24. The lowest BCUT2D eigenvalue weighted by atomic mass is 9.95. The Morgan fingerprint density at radius 2 is 1.97 bits per heavy atom. The Kier molecular flexibility index (Phi) is 8.01. The maximum Gasteiger partial charge on any atom is 0.401 e. The van der Waals surface area contributed by atoms with Gasteiger partial charge in [0.15, 0.2) is 0 Å². The molecule has 0 bridgehead atoms. The molecule has 1 fully saturated rings. The SMILES string of the molecule is CC(C)(C)CN(CC(F)(F)F)[C@@H](C[NH-])C(=O)Nc1ccc(N2CCOCC2=O)c(F)c1. The number of rotatable bonds is 7. The monoisotopic (exact) mass is 447 g/mol. The number of morpholine rings is 1. The van der Waals surface area contributed by atoms with Crippen LogP contribution in [0.15, 0.2) is 18.2 Å². The number of nitrogens with one attached hydrogen (secondary N) is 2. The first-order valence-corrected chi connectivity index (χ1v) is 9.74. The molecule has 0 aromatic heterocycles. The summed E-state index contributed by atoms with van der Waals surface area (Å²) in [6.07, 6.45) is -4.54. The van der Waals surface area contributed by atoms with Gasteiger partial charge in [0, 0.05) is 18.8 Å². The molecule has 1 aliphatic rings. The Bertz CT molecular complexity index is 780. The molecular weight excluding hydrogens is 420 g/mol. The minimum atomic E-state index is -4.54. The lowest BCUT2D eigenvalue weighted by molar-refractivity contribution is -0.155. The van der Waals surface area contributed by atoms with Crippen molar-refractivity contribution in [1.29, 1.82) is 0 Å². The molecule has 1 aliphatic heterocycles. The fraction of sp³-hybridized carbons (Fsp3) is 0.600. The van der Waals surface area contributed by atoms with Gasteiger partial charge in [-0.05, 0) is 23.6 Å². The molecule has 1 atom stereocenters. The van der Waals surface area contributed by atoms with Crippen LogP contribution in [0.5, 0.6) is 0 Å². The van der Waals surface area contributed by atoms with E-state index in [4.69, 9.17) is 10.5 Å². The summed E-state index contributed by atoms with van der Waals surface area (Å²) in [5.74, 6) is -2.00. The molecule has 1 saturated heterocycles. The molecule has 2 amide bonds. The molecule has 31 heavy (non-hydrogen) atoms. The van der Waals surface area contributed by atoms with Crippen molar-refractivity contribution in [3.05, 3.63) is 29.7 Å². The second-order valence-electron chi connectivity index (χ2n) is 8.55. The molecule has 174 valence electrons. The van der Waals surface area contributed by atoms with Gasteiger partial charge in [0.05, 0.1) is 24.9 Å². The third kappa shape index (κ3) is 7.44. The number of amides is 2.